The highest BCUT2D eigenvalue weighted by Gasteiger charge is 2.52. The van der Waals surface area contributed by atoms with Crippen LogP contribution in [0.4, 0.5) is 0 Å². The second-order valence-corrected chi connectivity index (χ2v) is 13.2. The molecule has 0 aromatic carbocycles. The molecule has 0 heterocycles. The van der Waals surface area contributed by atoms with Gasteiger partial charge in [0.2, 0.25) is 0 Å². The topological polar surface area (TPSA) is 26.3 Å². The molecule has 3 heteroatoms. The molecule has 2 nitrogen and oxygen atoms in total. The highest BCUT2D eigenvalue weighted by molar-refractivity contribution is 6.73. The molecule has 2 rings (SSSR count). The molecular weight excluding hydrogens is 300 g/mol. The van der Waals surface area contributed by atoms with Gasteiger partial charge in [-0.3, -0.25) is 4.79 Å². The van der Waals surface area contributed by atoms with Crippen LogP contribution in [0.3, 0.4) is 0 Å². The average molecular weight is 339 g/mol. The molecule has 0 radical (unpaired) electrons. The molecule has 0 aliphatic heterocycles. The minimum atomic E-state index is -1.44. The van der Waals surface area contributed by atoms with E-state index in [4.69, 9.17) is 4.43 Å². The molecule has 1 unspecified atom stereocenters. The number of fused-ring (bicyclic) bond motifs is 1. The van der Waals surface area contributed by atoms with Crippen LogP contribution >= 0.6 is 0 Å². The lowest BCUT2D eigenvalue weighted by molar-refractivity contribution is -0.130. The number of rotatable bonds is 8. The molecule has 0 aromatic rings. The number of hydrogen-bond acceptors (Lipinski definition) is 2. The molecule has 134 valence electrons. The maximum Gasteiger partial charge on any atom is 0.191 e. The maximum absolute atomic E-state index is 12.3. The Balaban J connectivity index is 1.91. The van der Waals surface area contributed by atoms with Crippen LogP contribution in [0.5, 0.6) is 0 Å². The summed E-state index contributed by atoms with van der Waals surface area (Å²) in [5.41, 5.74) is 0.281. The van der Waals surface area contributed by atoms with Crippen LogP contribution in [0, 0.1) is 23.2 Å². The Bertz CT molecular complexity index is 396. The van der Waals surface area contributed by atoms with Crippen molar-refractivity contribution in [2.75, 3.05) is 6.61 Å². The van der Waals surface area contributed by atoms with Crippen molar-refractivity contribution < 1.29 is 9.22 Å². The monoisotopic (exact) mass is 338 g/mol. The van der Waals surface area contributed by atoms with Gasteiger partial charge >= 0.3 is 0 Å². The van der Waals surface area contributed by atoms with Crippen molar-refractivity contribution in [1.29, 1.82) is 0 Å². The van der Waals surface area contributed by atoms with Gasteiger partial charge in [-0.2, -0.15) is 0 Å². The molecule has 0 aromatic heterocycles. The van der Waals surface area contributed by atoms with E-state index in [9.17, 15) is 4.79 Å². The van der Waals surface area contributed by atoms with Gasteiger partial charge in [-0.15, -0.1) is 0 Å². The second kappa shape index (κ2) is 7.82. The van der Waals surface area contributed by atoms with E-state index in [1.807, 2.05) is 0 Å². The summed E-state index contributed by atoms with van der Waals surface area (Å²) >= 11 is 0. The van der Waals surface area contributed by atoms with Gasteiger partial charge < -0.3 is 4.43 Å². The van der Waals surface area contributed by atoms with Gasteiger partial charge in [0, 0.05) is 18.9 Å². The number of carbonyl (C=O) groups excluding carboxylic acids is 1. The molecular formula is C20H38O2Si. The summed E-state index contributed by atoms with van der Waals surface area (Å²) in [5.74, 6) is 2.33. The third-order valence-corrected chi connectivity index (χ3v) is 12.2. The summed E-state index contributed by atoms with van der Waals surface area (Å²) < 4.78 is 6.47. The molecule has 0 N–H and O–H groups in total. The molecule has 0 bridgehead atoms. The third kappa shape index (κ3) is 3.76. The molecule has 2 aliphatic carbocycles. The Kier molecular flexibility index (Phi) is 6.52. The predicted molar refractivity (Wildman–Crippen MR) is 100 cm³/mol. The van der Waals surface area contributed by atoms with Crippen molar-refractivity contribution in [3.8, 4) is 0 Å². The maximum atomic E-state index is 12.3. The number of carbonyl (C=O) groups is 1. The van der Waals surface area contributed by atoms with Crippen molar-refractivity contribution in [3.05, 3.63) is 0 Å². The highest BCUT2D eigenvalue weighted by Crippen LogP contribution is 2.56. The first kappa shape index (κ1) is 19.2. The van der Waals surface area contributed by atoms with Gasteiger partial charge in [0.25, 0.3) is 0 Å². The zero-order valence-electron chi connectivity index (χ0n) is 16.1. The van der Waals surface area contributed by atoms with Crippen molar-refractivity contribution in [2.45, 2.75) is 91.3 Å². The highest BCUT2D eigenvalue weighted by atomic mass is 28.4. The Labute approximate surface area is 144 Å². The number of Topliss-reactive ketones (excluding diaryl/α,β-unsaturated/α-hetero) is 1. The number of ketones is 1. The van der Waals surface area contributed by atoms with Gasteiger partial charge in [0.15, 0.2) is 8.32 Å². The minimum Gasteiger partial charge on any atom is -0.417 e. The molecule has 0 amide bonds. The summed E-state index contributed by atoms with van der Waals surface area (Å²) in [5, 5.41) is 0. The third-order valence-electron chi connectivity index (χ3n) is 7.54. The fraction of sp³-hybridized carbons (Fsp3) is 0.950. The van der Waals surface area contributed by atoms with E-state index in [1.54, 1.807) is 0 Å². The zero-order valence-corrected chi connectivity index (χ0v) is 17.1. The van der Waals surface area contributed by atoms with Crippen molar-refractivity contribution in [3.63, 3.8) is 0 Å². The molecule has 23 heavy (non-hydrogen) atoms. The van der Waals surface area contributed by atoms with Gasteiger partial charge in [0.1, 0.15) is 5.78 Å². The predicted octanol–water partition coefficient (Wildman–Crippen LogP) is 5.82. The first-order valence-corrected chi connectivity index (χ1v) is 12.6. The van der Waals surface area contributed by atoms with Gasteiger partial charge in [-0.1, -0.05) is 34.6 Å². The second-order valence-electron chi connectivity index (χ2n) is 8.42. The van der Waals surface area contributed by atoms with Gasteiger partial charge in [-0.25, -0.2) is 0 Å². The fourth-order valence-electron chi connectivity index (χ4n) is 5.62. The van der Waals surface area contributed by atoms with E-state index in [2.05, 4.69) is 34.6 Å². The lowest BCUT2D eigenvalue weighted by atomic mass is 9.62. The smallest absolute Gasteiger partial charge is 0.191 e. The molecule has 2 fully saturated rings. The molecule has 2 aliphatic rings. The molecule has 0 spiro atoms. The van der Waals surface area contributed by atoms with Crippen molar-refractivity contribution >= 4 is 14.1 Å². The van der Waals surface area contributed by atoms with Crippen molar-refractivity contribution in [1.82, 2.24) is 0 Å². The van der Waals surface area contributed by atoms with E-state index in [1.165, 1.54) is 37.4 Å². The quantitative estimate of drug-likeness (QED) is 0.521. The first-order valence-electron chi connectivity index (χ1n) is 10.1. The van der Waals surface area contributed by atoms with E-state index in [-0.39, 0.29) is 5.41 Å². The van der Waals surface area contributed by atoms with Gasteiger partial charge in [0.05, 0.1) is 0 Å². The fourth-order valence-corrected chi connectivity index (χ4v) is 8.29. The molecule has 4 atom stereocenters. The largest absolute Gasteiger partial charge is 0.417 e. The summed E-state index contributed by atoms with van der Waals surface area (Å²) in [6.07, 6.45) is 6.78. The van der Waals surface area contributed by atoms with Crippen LogP contribution in [0.15, 0.2) is 0 Å². The Morgan fingerprint density at radius 1 is 1.22 bits per heavy atom. The number of hydrogen-bond donors (Lipinski definition) is 0. The Morgan fingerprint density at radius 3 is 2.48 bits per heavy atom. The first-order chi connectivity index (χ1) is 10.9. The van der Waals surface area contributed by atoms with Gasteiger partial charge in [-0.05, 0) is 67.5 Å². The van der Waals surface area contributed by atoms with E-state index in [0.29, 0.717) is 17.6 Å². The van der Waals surface area contributed by atoms with Crippen molar-refractivity contribution in [2.24, 2.45) is 23.2 Å². The van der Waals surface area contributed by atoms with E-state index in [0.717, 1.165) is 31.8 Å². The van der Waals surface area contributed by atoms with Crippen LogP contribution in [0.1, 0.15) is 73.1 Å². The SMILES string of the molecule is CC[Si](CC)(CC)OCC[C@@H](C)[C@H]1CCC2C(=O)CCC[C@@]21C. The van der Waals surface area contributed by atoms with Crippen LogP contribution in [-0.4, -0.2) is 20.7 Å². The lowest BCUT2D eigenvalue weighted by Gasteiger charge is -2.42. The van der Waals surface area contributed by atoms with Crippen LogP contribution < -0.4 is 0 Å². The summed E-state index contributed by atoms with van der Waals surface area (Å²) in [7, 11) is -1.44. The van der Waals surface area contributed by atoms with Crippen LogP contribution in [-0.2, 0) is 9.22 Å². The van der Waals surface area contributed by atoms with Crippen LogP contribution in [0.25, 0.3) is 0 Å². The zero-order chi connectivity index (χ0) is 17.1. The Morgan fingerprint density at radius 2 is 1.87 bits per heavy atom. The average Bonchev–Trinajstić information content (AvgIpc) is 2.90. The van der Waals surface area contributed by atoms with E-state index < -0.39 is 8.32 Å². The summed E-state index contributed by atoms with van der Waals surface area (Å²) in [6, 6.07) is 3.73. The molecule has 2 saturated carbocycles. The lowest BCUT2D eigenvalue weighted by Crippen LogP contribution is -2.40. The summed E-state index contributed by atoms with van der Waals surface area (Å²) in [6.45, 7) is 12.7. The van der Waals surface area contributed by atoms with Crippen LogP contribution in [0.2, 0.25) is 18.1 Å². The Hall–Kier alpha value is -0.153. The standard InChI is InChI=1S/C20H38O2Si/c1-6-23(7-2,8-3)22-15-13-16(4)17-11-12-18-19(21)10-9-14-20(17,18)5/h16-18H,6-15H2,1-5H3/t16-,17-,18?,20-/m1/s1. The van der Waals surface area contributed by atoms with E-state index >= 15 is 0 Å². The molecule has 0 saturated heterocycles. The normalized spacial score (nSPS) is 32.8. The summed E-state index contributed by atoms with van der Waals surface area (Å²) in [4.78, 5) is 12.3. The minimum absolute atomic E-state index is 0.281.